The van der Waals surface area contributed by atoms with Crippen LogP contribution in [0.25, 0.3) is 0 Å². The summed E-state index contributed by atoms with van der Waals surface area (Å²) in [4.78, 5) is 14.5. The average Bonchev–Trinajstić information content (AvgIpc) is 2.98. The first-order valence-corrected chi connectivity index (χ1v) is 10.3. The largest absolute Gasteiger partial charge is 0.308 e. The zero-order valence-corrected chi connectivity index (χ0v) is 14.5. The van der Waals surface area contributed by atoms with Gasteiger partial charge in [-0.2, -0.15) is 0 Å². The van der Waals surface area contributed by atoms with Gasteiger partial charge in [0.25, 0.3) is 0 Å². The molecule has 2 aliphatic rings. The summed E-state index contributed by atoms with van der Waals surface area (Å²) in [6.07, 6.45) is 6.37. The number of aryl methyl sites for hydroxylation is 1. The SMILES string of the molecule is Cc1ccc(N(C(=O)CS(=O)(=O)C2CCCC2)C2CCC2)cc1. The summed E-state index contributed by atoms with van der Waals surface area (Å²) in [5, 5.41) is -0.312. The Morgan fingerprint density at radius 2 is 1.65 bits per heavy atom. The van der Waals surface area contributed by atoms with E-state index in [1.54, 1.807) is 4.90 Å². The molecule has 1 amide bonds. The normalized spacial score (nSPS) is 19.5. The number of carbonyl (C=O) groups is 1. The first-order valence-electron chi connectivity index (χ1n) is 8.58. The molecule has 2 fully saturated rings. The summed E-state index contributed by atoms with van der Waals surface area (Å²) in [6.45, 7) is 2.00. The molecular formula is C18H25NO3S. The van der Waals surface area contributed by atoms with Gasteiger partial charge in [0.15, 0.2) is 9.84 Å². The molecule has 0 N–H and O–H groups in total. The molecule has 0 saturated heterocycles. The number of rotatable bonds is 5. The maximum absolute atomic E-state index is 12.8. The van der Waals surface area contributed by atoms with E-state index in [1.807, 2.05) is 31.2 Å². The highest BCUT2D eigenvalue weighted by Crippen LogP contribution is 2.31. The molecule has 23 heavy (non-hydrogen) atoms. The summed E-state index contributed by atoms with van der Waals surface area (Å²) < 4.78 is 25.0. The Labute approximate surface area is 138 Å². The number of benzene rings is 1. The average molecular weight is 335 g/mol. The van der Waals surface area contributed by atoms with Crippen molar-refractivity contribution in [2.45, 2.75) is 63.2 Å². The minimum atomic E-state index is -3.33. The quantitative estimate of drug-likeness (QED) is 0.830. The van der Waals surface area contributed by atoms with Crippen LogP contribution < -0.4 is 4.90 Å². The molecule has 2 aliphatic carbocycles. The zero-order chi connectivity index (χ0) is 16.4. The first kappa shape index (κ1) is 16.5. The Balaban J connectivity index is 1.79. The predicted molar refractivity (Wildman–Crippen MR) is 92.3 cm³/mol. The van der Waals surface area contributed by atoms with Crippen LogP contribution in [0.5, 0.6) is 0 Å². The van der Waals surface area contributed by atoms with Gasteiger partial charge in [-0.15, -0.1) is 0 Å². The van der Waals surface area contributed by atoms with Crippen LogP contribution in [0.15, 0.2) is 24.3 Å². The van der Waals surface area contributed by atoms with E-state index >= 15 is 0 Å². The van der Waals surface area contributed by atoms with Gasteiger partial charge in [-0.05, 0) is 51.2 Å². The minimum absolute atomic E-state index is 0.156. The molecule has 0 heterocycles. The molecule has 5 heteroatoms. The Kier molecular flexibility index (Phi) is 4.76. The molecule has 2 saturated carbocycles. The molecule has 0 unspecified atom stereocenters. The van der Waals surface area contributed by atoms with E-state index in [9.17, 15) is 13.2 Å². The fourth-order valence-corrected chi connectivity index (χ4v) is 5.29. The second-order valence-corrected chi connectivity index (χ2v) is 9.18. The van der Waals surface area contributed by atoms with Crippen LogP contribution >= 0.6 is 0 Å². The van der Waals surface area contributed by atoms with Crippen molar-refractivity contribution in [1.82, 2.24) is 0 Å². The molecule has 126 valence electrons. The molecule has 0 aromatic heterocycles. The Hall–Kier alpha value is -1.36. The van der Waals surface area contributed by atoms with Gasteiger partial charge < -0.3 is 4.90 Å². The van der Waals surface area contributed by atoms with E-state index in [0.717, 1.165) is 43.4 Å². The molecule has 0 spiro atoms. The summed E-state index contributed by atoms with van der Waals surface area (Å²) in [7, 11) is -3.33. The Bertz CT molecular complexity index is 656. The first-order chi connectivity index (χ1) is 11.0. The van der Waals surface area contributed by atoms with Crippen LogP contribution in [0, 0.1) is 6.92 Å². The lowest BCUT2D eigenvalue weighted by Crippen LogP contribution is -2.47. The predicted octanol–water partition coefficient (Wildman–Crippen LogP) is 3.24. The highest BCUT2D eigenvalue weighted by atomic mass is 32.2. The van der Waals surface area contributed by atoms with Gasteiger partial charge in [-0.25, -0.2) is 8.42 Å². The van der Waals surface area contributed by atoms with E-state index in [0.29, 0.717) is 12.8 Å². The molecule has 0 atom stereocenters. The third-order valence-electron chi connectivity index (χ3n) is 5.16. The molecule has 1 aromatic rings. The van der Waals surface area contributed by atoms with Crippen molar-refractivity contribution in [2.24, 2.45) is 0 Å². The maximum Gasteiger partial charge on any atom is 0.242 e. The molecular weight excluding hydrogens is 310 g/mol. The van der Waals surface area contributed by atoms with Crippen LogP contribution in [-0.2, 0) is 14.6 Å². The summed E-state index contributed by atoms with van der Waals surface area (Å²) >= 11 is 0. The van der Waals surface area contributed by atoms with Gasteiger partial charge >= 0.3 is 0 Å². The van der Waals surface area contributed by atoms with Crippen molar-refractivity contribution in [3.05, 3.63) is 29.8 Å². The van der Waals surface area contributed by atoms with E-state index in [2.05, 4.69) is 0 Å². The van der Waals surface area contributed by atoms with Crippen LogP contribution in [0.2, 0.25) is 0 Å². The highest BCUT2D eigenvalue weighted by Gasteiger charge is 2.36. The van der Waals surface area contributed by atoms with Gasteiger partial charge in [0, 0.05) is 11.7 Å². The van der Waals surface area contributed by atoms with Crippen molar-refractivity contribution < 1.29 is 13.2 Å². The van der Waals surface area contributed by atoms with Gasteiger partial charge in [-0.1, -0.05) is 30.5 Å². The molecule has 0 aliphatic heterocycles. The molecule has 0 bridgehead atoms. The molecule has 1 aromatic carbocycles. The molecule has 3 rings (SSSR count). The third-order valence-corrected chi connectivity index (χ3v) is 7.29. The van der Waals surface area contributed by atoms with E-state index in [-0.39, 0.29) is 23.0 Å². The number of hydrogen-bond donors (Lipinski definition) is 0. The number of hydrogen-bond acceptors (Lipinski definition) is 3. The number of anilines is 1. The number of amides is 1. The van der Waals surface area contributed by atoms with Crippen LogP contribution in [0.3, 0.4) is 0 Å². The molecule has 4 nitrogen and oxygen atoms in total. The number of sulfone groups is 1. The summed E-state index contributed by atoms with van der Waals surface area (Å²) in [5.41, 5.74) is 1.96. The summed E-state index contributed by atoms with van der Waals surface area (Å²) in [6, 6.07) is 7.95. The van der Waals surface area contributed by atoms with Gasteiger partial charge in [0.05, 0.1) is 5.25 Å². The van der Waals surface area contributed by atoms with Crippen molar-refractivity contribution in [2.75, 3.05) is 10.7 Å². The van der Waals surface area contributed by atoms with Gasteiger partial charge in [0.2, 0.25) is 5.91 Å². The van der Waals surface area contributed by atoms with Gasteiger partial charge in [-0.3, -0.25) is 4.79 Å². The lowest BCUT2D eigenvalue weighted by Gasteiger charge is -2.37. The van der Waals surface area contributed by atoms with Crippen molar-refractivity contribution in [3.63, 3.8) is 0 Å². The smallest absolute Gasteiger partial charge is 0.242 e. The Morgan fingerprint density at radius 3 is 2.17 bits per heavy atom. The van der Waals surface area contributed by atoms with Crippen LogP contribution in [-0.4, -0.2) is 31.4 Å². The Morgan fingerprint density at radius 1 is 1.04 bits per heavy atom. The second kappa shape index (κ2) is 6.63. The monoisotopic (exact) mass is 335 g/mol. The number of carbonyl (C=O) groups excluding carboxylic acids is 1. The van der Waals surface area contributed by atoms with Crippen LogP contribution in [0.1, 0.15) is 50.5 Å². The topological polar surface area (TPSA) is 54.5 Å². The molecule has 0 radical (unpaired) electrons. The summed E-state index contributed by atoms with van der Waals surface area (Å²) in [5.74, 6) is -0.604. The fourth-order valence-electron chi connectivity index (χ4n) is 3.52. The number of nitrogens with zero attached hydrogens (tertiary/aromatic N) is 1. The van der Waals surface area contributed by atoms with Crippen LogP contribution in [0.4, 0.5) is 5.69 Å². The maximum atomic E-state index is 12.8. The van der Waals surface area contributed by atoms with E-state index < -0.39 is 9.84 Å². The van der Waals surface area contributed by atoms with Crippen molar-refractivity contribution in [3.8, 4) is 0 Å². The highest BCUT2D eigenvalue weighted by molar-refractivity contribution is 7.92. The third kappa shape index (κ3) is 3.60. The lowest BCUT2D eigenvalue weighted by atomic mass is 9.91. The standard InChI is InChI=1S/C18H25NO3S/c1-14-9-11-16(12-10-14)19(15-5-4-6-15)18(20)13-23(21,22)17-7-2-3-8-17/h9-12,15,17H,2-8,13H2,1H3. The van der Waals surface area contributed by atoms with Gasteiger partial charge in [0.1, 0.15) is 5.75 Å². The minimum Gasteiger partial charge on any atom is -0.308 e. The fraction of sp³-hybridized carbons (Fsp3) is 0.611. The lowest BCUT2D eigenvalue weighted by molar-refractivity contribution is -0.117. The second-order valence-electron chi connectivity index (χ2n) is 6.90. The zero-order valence-electron chi connectivity index (χ0n) is 13.7. The van der Waals surface area contributed by atoms with Crippen molar-refractivity contribution in [1.29, 1.82) is 0 Å². The van der Waals surface area contributed by atoms with E-state index in [4.69, 9.17) is 0 Å². The van der Waals surface area contributed by atoms with Crippen molar-refractivity contribution >= 4 is 21.4 Å². The van der Waals surface area contributed by atoms with E-state index in [1.165, 1.54) is 0 Å².